The Balaban J connectivity index is 1.04. The molecule has 0 N–H and O–H groups in total. The number of rotatable bonds is 7. The van der Waals surface area contributed by atoms with Crippen LogP contribution < -0.4 is 0 Å². The van der Waals surface area contributed by atoms with Gasteiger partial charge in [-0.1, -0.05) is 151 Å². The van der Waals surface area contributed by atoms with E-state index in [9.17, 15) is 0 Å². The van der Waals surface area contributed by atoms with Gasteiger partial charge in [-0.05, 0) is 136 Å². The lowest BCUT2D eigenvalue weighted by atomic mass is 9.79. The van der Waals surface area contributed by atoms with Gasteiger partial charge in [-0.2, -0.15) is 0 Å². The average molecular weight is 645 g/mol. The number of fused-ring (bicyclic) bond motifs is 9. The predicted octanol–water partition coefficient (Wildman–Crippen LogP) is 12.8. The first kappa shape index (κ1) is 29.9. The number of allylic oxidation sites excluding steroid dienone is 13. The van der Waals surface area contributed by atoms with Gasteiger partial charge >= 0.3 is 0 Å². The molecule has 5 atom stereocenters. The first-order chi connectivity index (χ1) is 24.7. The number of hydrogen-bond donors (Lipinski definition) is 0. The van der Waals surface area contributed by atoms with Crippen molar-refractivity contribution in [3.63, 3.8) is 0 Å². The molecule has 2 saturated carbocycles. The molecule has 2 fully saturated rings. The molecule has 50 heavy (non-hydrogen) atoms. The normalized spacial score (nSPS) is 26.6. The maximum Gasteiger partial charge on any atom is 0.0239 e. The lowest BCUT2D eigenvalue weighted by Gasteiger charge is -2.25. The first-order valence-corrected chi connectivity index (χ1v) is 18.9. The zero-order valence-electron chi connectivity index (χ0n) is 29.2. The van der Waals surface area contributed by atoms with Crippen molar-refractivity contribution in [1.29, 1.82) is 0 Å². The highest BCUT2D eigenvalue weighted by atomic mass is 14.6. The van der Waals surface area contributed by atoms with Crippen LogP contribution in [0.4, 0.5) is 0 Å². The molecule has 0 saturated heterocycles. The molecule has 6 aliphatic carbocycles. The Bertz CT molecular complexity index is 2340. The predicted molar refractivity (Wildman–Crippen MR) is 213 cm³/mol. The Morgan fingerprint density at radius 3 is 2.70 bits per heavy atom. The quantitative estimate of drug-likeness (QED) is 0.188. The molecule has 0 spiro atoms. The Morgan fingerprint density at radius 2 is 1.78 bits per heavy atom. The van der Waals surface area contributed by atoms with E-state index in [4.69, 9.17) is 0 Å². The van der Waals surface area contributed by atoms with Gasteiger partial charge in [0.1, 0.15) is 0 Å². The summed E-state index contributed by atoms with van der Waals surface area (Å²) >= 11 is 0. The maximum atomic E-state index is 2.54. The Morgan fingerprint density at radius 1 is 0.880 bits per heavy atom. The van der Waals surface area contributed by atoms with Gasteiger partial charge in [-0.25, -0.2) is 0 Å². The van der Waals surface area contributed by atoms with Crippen LogP contribution in [-0.2, 0) is 11.8 Å². The van der Waals surface area contributed by atoms with Crippen LogP contribution in [0.15, 0.2) is 139 Å². The van der Waals surface area contributed by atoms with Crippen molar-refractivity contribution in [1.82, 2.24) is 0 Å². The van der Waals surface area contributed by atoms with E-state index in [1.54, 1.807) is 11.1 Å². The fourth-order valence-electron chi connectivity index (χ4n) is 10.2. The van der Waals surface area contributed by atoms with Crippen molar-refractivity contribution in [2.45, 2.75) is 63.2 Å². The van der Waals surface area contributed by atoms with E-state index in [1.807, 2.05) is 0 Å². The topological polar surface area (TPSA) is 0 Å². The van der Waals surface area contributed by atoms with Crippen LogP contribution in [0.3, 0.4) is 0 Å². The summed E-state index contributed by atoms with van der Waals surface area (Å²) in [5.74, 6) is 2.34. The van der Waals surface area contributed by atoms with E-state index in [-0.39, 0.29) is 5.41 Å². The molecule has 0 aromatic heterocycles. The fourth-order valence-corrected chi connectivity index (χ4v) is 10.2. The molecule has 0 amide bonds. The first-order valence-electron chi connectivity index (χ1n) is 18.9. The summed E-state index contributed by atoms with van der Waals surface area (Å²) < 4.78 is 0. The van der Waals surface area contributed by atoms with Crippen molar-refractivity contribution in [2.24, 2.45) is 11.8 Å². The van der Waals surface area contributed by atoms with Crippen LogP contribution in [0.2, 0.25) is 0 Å². The van der Waals surface area contributed by atoms with Gasteiger partial charge in [0, 0.05) is 11.3 Å². The van der Waals surface area contributed by atoms with Gasteiger partial charge in [0.25, 0.3) is 0 Å². The molecular weight excluding hydrogens is 601 g/mol. The minimum Gasteiger partial charge on any atom is -0.0870 e. The lowest BCUT2D eigenvalue weighted by Crippen LogP contribution is -2.16. The third-order valence-corrected chi connectivity index (χ3v) is 12.7. The third kappa shape index (κ3) is 4.57. The van der Waals surface area contributed by atoms with Gasteiger partial charge in [0.05, 0.1) is 0 Å². The fraction of sp³-hybridized carbons (Fsp3) is 0.240. The van der Waals surface area contributed by atoms with E-state index in [0.29, 0.717) is 23.7 Å². The Kier molecular flexibility index (Phi) is 6.92. The van der Waals surface area contributed by atoms with Crippen LogP contribution in [0.5, 0.6) is 0 Å². The minimum absolute atomic E-state index is 0.180. The second-order valence-corrected chi connectivity index (χ2v) is 15.4. The molecule has 6 aliphatic rings. The van der Waals surface area contributed by atoms with Crippen LogP contribution in [0.25, 0.3) is 34.6 Å². The monoisotopic (exact) mass is 644 g/mol. The summed E-state index contributed by atoms with van der Waals surface area (Å²) in [5, 5.41) is 2.79. The Hall–Kier alpha value is -4.94. The average Bonchev–Trinajstić information content (AvgIpc) is 4.06. The van der Waals surface area contributed by atoms with Crippen LogP contribution >= 0.6 is 0 Å². The van der Waals surface area contributed by atoms with E-state index >= 15 is 0 Å². The molecule has 0 aliphatic heterocycles. The summed E-state index contributed by atoms with van der Waals surface area (Å²) in [6, 6.07) is 25.5. The summed E-state index contributed by atoms with van der Waals surface area (Å²) in [4.78, 5) is 0. The molecule has 4 aromatic carbocycles. The number of hydrogen-bond acceptors (Lipinski definition) is 0. The molecule has 0 bridgehead atoms. The van der Waals surface area contributed by atoms with Gasteiger partial charge in [-0.15, -0.1) is 0 Å². The molecule has 10 rings (SSSR count). The molecule has 0 radical (unpaired) electrons. The van der Waals surface area contributed by atoms with E-state index < -0.39 is 0 Å². The van der Waals surface area contributed by atoms with Crippen molar-refractivity contribution in [3.05, 3.63) is 189 Å². The molecular formula is C50H44. The minimum atomic E-state index is 0.180. The standard InChI is InChI=1S/C50H44/c1-3-13-37-42-26-24-33(28-46-40-19-6-4-5-18-38(40)39-20-8-9-21-41(39)46)29-47(42)44-27-25-34-30-45(34)49(44)43(37)22-12-16-35-15-11-17-36-31-50(35,36)48-23-10-7-14-32(48)2/h3-5,7-15,17-27,29,34,36,45-46H,6,16,28,30-31H2,1-2H3/b13-3-,22-12+. The van der Waals surface area contributed by atoms with Crippen molar-refractivity contribution in [3.8, 4) is 0 Å². The number of benzene rings is 4. The highest BCUT2D eigenvalue weighted by Gasteiger charge is 2.57. The molecule has 0 heterocycles. The second kappa shape index (κ2) is 11.6. The van der Waals surface area contributed by atoms with Gasteiger partial charge in [0.2, 0.25) is 0 Å². The maximum absolute atomic E-state index is 2.54. The Labute approximate surface area is 297 Å². The zero-order chi connectivity index (χ0) is 33.4. The van der Waals surface area contributed by atoms with Crippen molar-refractivity contribution < 1.29 is 0 Å². The van der Waals surface area contributed by atoms with Crippen molar-refractivity contribution >= 4 is 34.6 Å². The van der Waals surface area contributed by atoms with E-state index in [1.165, 1.54) is 79.3 Å². The van der Waals surface area contributed by atoms with Gasteiger partial charge in [-0.3, -0.25) is 0 Å². The second-order valence-electron chi connectivity index (χ2n) is 15.4. The van der Waals surface area contributed by atoms with Gasteiger partial charge in [0.15, 0.2) is 0 Å². The van der Waals surface area contributed by atoms with Crippen molar-refractivity contribution in [2.75, 3.05) is 0 Å². The highest BCUT2D eigenvalue weighted by molar-refractivity contribution is 6.02. The van der Waals surface area contributed by atoms with Gasteiger partial charge < -0.3 is 0 Å². The highest BCUT2D eigenvalue weighted by Crippen LogP contribution is 2.63. The molecule has 0 heteroatoms. The van der Waals surface area contributed by atoms with Crippen LogP contribution in [0, 0.1) is 18.8 Å². The molecule has 4 aromatic rings. The number of aryl methyl sites for hydroxylation is 1. The summed E-state index contributed by atoms with van der Waals surface area (Å²) in [5.41, 5.74) is 17.8. The largest absolute Gasteiger partial charge is 0.0870 e. The summed E-state index contributed by atoms with van der Waals surface area (Å²) in [6.45, 7) is 4.46. The third-order valence-electron chi connectivity index (χ3n) is 12.7. The summed E-state index contributed by atoms with van der Waals surface area (Å²) in [6.07, 6.45) is 36.5. The molecule has 244 valence electrons. The SMILES string of the molecule is C/C=C\c1c(/C=C/CC2=CC=CC3CC23c2ccccc2C)c2c(c3cc(CC4C5=CCC=CC=C5c5ccccc54)ccc13)C=CC1CC21. The molecule has 0 nitrogen and oxygen atoms in total. The molecule has 5 unspecified atom stereocenters. The van der Waals surface area contributed by atoms with E-state index in [0.717, 1.165) is 19.3 Å². The lowest BCUT2D eigenvalue weighted by molar-refractivity contribution is 0.733. The van der Waals surface area contributed by atoms with E-state index in [2.05, 4.69) is 160 Å². The zero-order valence-corrected chi connectivity index (χ0v) is 29.2. The smallest absolute Gasteiger partial charge is 0.0239 e. The van der Waals surface area contributed by atoms with Crippen LogP contribution in [0.1, 0.15) is 94.5 Å². The summed E-state index contributed by atoms with van der Waals surface area (Å²) in [7, 11) is 0. The van der Waals surface area contributed by atoms with Crippen LogP contribution in [-0.4, -0.2) is 0 Å².